The van der Waals surface area contributed by atoms with E-state index < -0.39 is 10.0 Å². The van der Waals surface area contributed by atoms with Crippen LogP contribution in [0.15, 0.2) is 46.1 Å². The Hall–Kier alpha value is -2.35. The highest BCUT2D eigenvalue weighted by molar-refractivity contribution is 7.92. The predicted octanol–water partition coefficient (Wildman–Crippen LogP) is 1.37. The monoisotopic (exact) mass is 323 g/mol. The van der Waals surface area contributed by atoms with E-state index in [1.54, 1.807) is 12.1 Å². The van der Waals surface area contributed by atoms with Crippen molar-refractivity contribution in [3.05, 3.63) is 46.8 Å². The smallest absolute Gasteiger partial charge is 0.266 e. The second-order valence-corrected chi connectivity index (χ2v) is 6.61. The Labute approximate surface area is 128 Å². The van der Waals surface area contributed by atoms with Crippen LogP contribution in [-0.2, 0) is 17.1 Å². The van der Waals surface area contributed by atoms with Crippen LogP contribution < -0.4 is 15.0 Å². The number of rotatable bonds is 5. The van der Waals surface area contributed by atoms with Crippen LogP contribution >= 0.6 is 0 Å². The molecule has 7 nitrogen and oxygen atoms in total. The Balaban J connectivity index is 2.22. The second kappa shape index (κ2) is 6.18. The maximum Gasteiger partial charge on any atom is 0.266 e. The van der Waals surface area contributed by atoms with Gasteiger partial charge in [0.1, 0.15) is 5.75 Å². The van der Waals surface area contributed by atoms with Gasteiger partial charge in [0, 0.05) is 13.1 Å². The van der Waals surface area contributed by atoms with E-state index in [4.69, 9.17) is 4.74 Å². The van der Waals surface area contributed by atoms with Gasteiger partial charge in [-0.25, -0.2) is 13.1 Å². The quantitative estimate of drug-likeness (QED) is 0.897. The first kappa shape index (κ1) is 16.0. The first-order chi connectivity index (χ1) is 10.3. The summed E-state index contributed by atoms with van der Waals surface area (Å²) in [5.41, 5.74) is -0.321. The van der Waals surface area contributed by atoms with Crippen molar-refractivity contribution in [3.63, 3.8) is 0 Å². The molecule has 8 heteroatoms. The van der Waals surface area contributed by atoms with Crippen molar-refractivity contribution < 1.29 is 13.2 Å². The molecule has 0 aliphatic heterocycles. The van der Waals surface area contributed by atoms with Crippen molar-refractivity contribution in [1.82, 2.24) is 9.78 Å². The Morgan fingerprint density at radius 1 is 1.14 bits per heavy atom. The van der Waals surface area contributed by atoms with E-state index >= 15 is 0 Å². The fourth-order valence-corrected chi connectivity index (χ4v) is 2.72. The van der Waals surface area contributed by atoms with Crippen LogP contribution in [0.4, 0.5) is 5.82 Å². The molecule has 1 heterocycles. The van der Waals surface area contributed by atoms with Gasteiger partial charge in [0.25, 0.3) is 15.6 Å². The van der Waals surface area contributed by atoms with E-state index in [-0.39, 0.29) is 22.4 Å². The molecule has 0 aliphatic rings. The zero-order chi connectivity index (χ0) is 16.3. The van der Waals surface area contributed by atoms with Gasteiger partial charge in [-0.15, -0.1) is 0 Å². The molecule has 0 saturated carbocycles. The predicted molar refractivity (Wildman–Crippen MR) is 82.5 cm³/mol. The van der Waals surface area contributed by atoms with Crippen LogP contribution in [0.5, 0.6) is 5.75 Å². The molecule has 0 aliphatic carbocycles. The van der Waals surface area contributed by atoms with Crippen LogP contribution in [0.3, 0.4) is 0 Å². The molecular formula is C14H17N3O4S. The number of hydrogen-bond donors (Lipinski definition) is 1. The normalized spacial score (nSPS) is 11.5. The van der Waals surface area contributed by atoms with Gasteiger partial charge in [0.2, 0.25) is 0 Å². The maximum atomic E-state index is 12.3. The van der Waals surface area contributed by atoms with Gasteiger partial charge in [-0.1, -0.05) is 0 Å². The third-order valence-corrected chi connectivity index (χ3v) is 4.08. The summed E-state index contributed by atoms with van der Waals surface area (Å²) in [5.74, 6) is 0.666. The molecule has 22 heavy (non-hydrogen) atoms. The van der Waals surface area contributed by atoms with Crippen LogP contribution in [-0.4, -0.2) is 24.3 Å². The van der Waals surface area contributed by atoms with Gasteiger partial charge in [0.05, 0.1) is 11.0 Å². The molecule has 0 unspecified atom stereocenters. The topological polar surface area (TPSA) is 90.3 Å². The summed E-state index contributed by atoms with van der Waals surface area (Å²) in [4.78, 5) is 11.3. The molecule has 118 valence electrons. The van der Waals surface area contributed by atoms with Gasteiger partial charge in [0.15, 0.2) is 5.82 Å². The maximum absolute atomic E-state index is 12.3. The SMILES string of the molecule is CC(C)Oc1ccc(S(=O)(=O)Nc2ccc(=O)n(C)n2)cc1. The minimum atomic E-state index is -3.77. The number of aryl methyl sites for hydroxylation is 1. The van der Waals surface area contributed by atoms with E-state index in [1.807, 2.05) is 13.8 Å². The van der Waals surface area contributed by atoms with Crippen LogP contribution in [0.2, 0.25) is 0 Å². The molecule has 0 bridgehead atoms. The lowest BCUT2D eigenvalue weighted by Crippen LogP contribution is -2.21. The average molecular weight is 323 g/mol. The fraction of sp³-hybridized carbons (Fsp3) is 0.286. The van der Waals surface area contributed by atoms with Crippen molar-refractivity contribution in [1.29, 1.82) is 0 Å². The molecule has 0 fully saturated rings. The lowest BCUT2D eigenvalue weighted by Gasteiger charge is -2.11. The third-order valence-electron chi connectivity index (χ3n) is 2.71. The molecule has 1 aromatic carbocycles. The van der Waals surface area contributed by atoms with Crippen molar-refractivity contribution in [2.24, 2.45) is 7.05 Å². The second-order valence-electron chi connectivity index (χ2n) is 4.92. The van der Waals surface area contributed by atoms with Crippen LogP contribution in [0.25, 0.3) is 0 Å². The Morgan fingerprint density at radius 2 is 1.77 bits per heavy atom. The van der Waals surface area contributed by atoms with Gasteiger partial charge in [-0.05, 0) is 44.2 Å². The molecule has 0 amide bonds. The minimum absolute atomic E-state index is 0.00962. The highest BCUT2D eigenvalue weighted by Gasteiger charge is 2.15. The first-order valence-electron chi connectivity index (χ1n) is 6.62. The standard InChI is InChI=1S/C14H17N3O4S/c1-10(2)21-11-4-6-12(7-5-11)22(19,20)16-13-8-9-14(18)17(3)15-13/h4-10H,1-3H3,(H,15,16). The van der Waals surface area contributed by atoms with Crippen LogP contribution in [0, 0.1) is 0 Å². The summed E-state index contributed by atoms with van der Waals surface area (Å²) in [5, 5.41) is 3.83. The van der Waals surface area contributed by atoms with E-state index in [1.165, 1.54) is 31.3 Å². The number of nitrogens with one attached hydrogen (secondary N) is 1. The highest BCUT2D eigenvalue weighted by atomic mass is 32.2. The van der Waals surface area contributed by atoms with Gasteiger partial charge in [-0.3, -0.25) is 9.52 Å². The molecule has 2 aromatic rings. The van der Waals surface area contributed by atoms with Gasteiger partial charge >= 0.3 is 0 Å². The first-order valence-corrected chi connectivity index (χ1v) is 8.10. The molecule has 0 spiro atoms. The number of aromatic nitrogens is 2. The zero-order valence-corrected chi connectivity index (χ0v) is 13.3. The summed E-state index contributed by atoms with van der Waals surface area (Å²) in [6.07, 6.45) is 0.00962. The number of benzene rings is 1. The Kier molecular flexibility index (Phi) is 4.51. The van der Waals surface area contributed by atoms with Crippen molar-refractivity contribution in [3.8, 4) is 5.75 Å². The Morgan fingerprint density at radius 3 is 2.32 bits per heavy atom. The number of anilines is 1. The zero-order valence-electron chi connectivity index (χ0n) is 12.5. The largest absolute Gasteiger partial charge is 0.491 e. The average Bonchev–Trinajstić information content (AvgIpc) is 2.42. The number of hydrogen-bond acceptors (Lipinski definition) is 5. The molecule has 0 radical (unpaired) electrons. The van der Waals surface area contributed by atoms with Crippen molar-refractivity contribution in [2.45, 2.75) is 24.8 Å². The Bertz CT molecular complexity index is 811. The van der Waals surface area contributed by atoms with E-state index in [2.05, 4.69) is 9.82 Å². The molecule has 0 atom stereocenters. The van der Waals surface area contributed by atoms with Crippen LogP contribution in [0.1, 0.15) is 13.8 Å². The number of sulfonamides is 1. The summed E-state index contributed by atoms with van der Waals surface area (Å²) in [7, 11) is -2.33. The van der Waals surface area contributed by atoms with Crippen molar-refractivity contribution >= 4 is 15.8 Å². The third kappa shape index (κ3) is 3.85. The molecule has 0 saturated heterocycles. The lowest BCUT2D eigenvalue weighted by molar-refractivity contribution is 0.242. The number of nitrogens with zero attached hydrogens (tertiary/aromatic N) is 2. The summed E-state index contributed by atoms with van der Waals surface area (Å²) >= 11 is 0. The molecule has 2 rings (SSSR count). The fourth-order valence-electron chi connectivity index (χ4n) is 1.72. The molecular weight excluding hydrogens is 306 g/mol. The van der Waals surface area contributed by atoms with Gasteiger partial charge < -0.3 is 4.74 Å². The van der Waals surface area contributed by atoms with E-state index in [0.717, 1.165) is 4.68 Å². The van der Waals surface area contributed by atoms with Crippen molar-refractivity contribution in [2.75, 3.05) is 4.72 Å². The van der Waals surface area contributed by atoms with E-state index in [0.29, 0.717) is 5.75 Å². The molecule has 1 aromatic heterocycles. The minimum Gasteiger partial charge on any atom is -0.491 e. The highest BCUT2D eigenvalue weighted by Crippen LogP contribution is 2.18. The summed E-state index contributed by atoms with van der Waals surface area (Å²) in [6.45, 7) is 3.77. The van der Waals surface area contributed by atoms with E-state index in [9.17, 15) is 13.2 Å². The lowest BCUT2D eigenvalue weighted by atomic mass is 10.3. The summed E-state index contributed by atoms with van der Waals surface area (Å²) < 4.78 is 33.3. The van der Waals surface area contributed by atoms with Gasteiger partial charge in [-0.2, -0.15) is 5.10 Å². The summed E-state index contributed by atoms with van der Waals surface area (Å²) in [6, 6.07) is 8.62. The molecule has 1 N–H and O–H groups in total. The number of ether oxygens (including phenoxy) is 1.